The second kappa shape index (κ2) is 8.19. The largest absolute Gasteiger partial charge is 0.467 e. The van der Waals surface area contributed by atoms with Crippen LogP contribution in [-0.2, 0) is 9.53 Å². The van der Waals surface area contributed by atoms with Gasteiger partial charge in [-0.15, -0.1) is 0 Å². The third-order valence-corrected chi connectivity index (χ3v) is 5.77. The highest BCUT2D eigenvalue weighted by Crippen LogP contribution is 2.26. The number of esters is 1. The molecule has 3 aromatic rings. The smallest absolute Gasteiger partial charge is 0.328 e. The zero-order chi connectivity index (χ0) is 19.6. The van der Waals surface area contributed by atoms with Crippen molar-refractivity contribution >= 4 is 49.4 Å². The second-order valence-electron chi connectivity index (χ2n) is 6.10. The van der Waals surface area contributed by atoms with Gasteiger partial charge in [-0.1, -0.05) is 51.9 Å². The van der Waals surface area contributed by atoms with E-state index in [0.717, 1.165) is 20.3 Å². The van der Waals surface area contributed by atoms with Crippen LogP contribution in [0.3, 0.4) is 0 Å². The summed E-state index contributed by atoms with van der Waals surface area (Å²) < 4.78 is 8.62. The van der Waals surface area contributed by atoms with Crippen molar-refractivity contribution in [3.05, 3.63) is 62.9 Å². The van der Waals surface area contributed by atoms with Crippen LogP contribution in [0.15, 0.2) is 51.9 Å². The van der Waals surface area contributed by atoms with Gasteiger partial charge in [0.25, 0.3) is 5.91 Å². The molecule has 27 heavy (non-hydrogen) atoms. The Bertz CT molecular complexity index is 1070. The molecule has 0 N–H and O–H groups in total. The number of nitrogens with zero attached hydrogens (tertiary/aromatic N) is 2. The molecule has 0 fully saturated rings. The number of amides is 1. The summed E-state index contributed by atoms with van der Waals surface area (Å²) >= 11 is 4.84. The van der Waals surface area contributed by atoms with Gasteiger partial charge in [-0.3, -0.25) is 4.79 Å². The molecule has 0 radical (unpaired) electrons. The number of carbonyl (C=O) groups is 2. The third kappa shape index (κ3) is 4.04. The number of thiazole rings is 1. The van der Waals surface area contributed by atoms with Crippen LogP contribution in [0.25, 0.3) is 10.2 Å². The first-order chi connectivity index (χ1) is 12.9. The SMILES string of the molecule is CCC(C(=O)OC)n1/c(=N/C(=O)c2ccc(C)cc2)sc2cc(Br)ccc21. The Labute approximate surface area is 169 Å². The zero-order valence-electron chi connectivity index (χ0n) is 15.2. The number of ether oxygens (including phenoxy) is 1. The highest BCUT2D eigenvalue weighted by Gasteiger charge is 2.23. The van der Waals surface area contributed by atoms with E-state index in [1.807, 2.05) is 44.2 Å². The molecular weight excluding hydrogens is 428 g/mol. The molecule has 2 aromatic carbocycles. The first-order valence-corrected chi connectivity index (χ1v) is 10.1. The molecule has 1 aromatic heterocycles. The molecule has 0 bridgehead atoms. The molecule has 1 unspecified atom stereocenters. The lowest BCUT2D eigenvalue weighted by atomic mass is 10.1. The maximum Gasteiger partial charge on any atom is 0.328 e. The van der Waals surface area contributed by atoms with Crippen LogP contribution in [-0.4, -0.2) is 23.6 Å². The summed E-state index contributed by atoms with van der Waals surface area (Å²) in [5, 5.41) is 0. The lowest BCUT2D eigenvalue weighted by Crippen LogP contribution is -2.28. The number of rotatable bonds is 4. The van der Waals surface area contributed by atoms with Gasteiger partial charge in [0.1, 0.15) is 6.04 Å². The van der Waals surface area contributed by atoms with Crippen molar-refractivity contribution in [3.8, 4) is 0 Å². The average Bonchev–Trinajstić information content (AvgIpc) is 2.99. The normalized spacial score (nSPS) is 13.0. The van der Waals surface area contributed by atoms with Crippen molar-refractivity contribution in [3.63, 3.8) is 0 Å². The van der Waals surface area contributed by atoms with Gasteiger partial charge in [-0.25, -0.2) is 4.79 Å². The second-order valence-corrected chi connectivity index (χ2v) is 8.02. The Kier molecular flexibility index (Phi) is 5.92. The number of halogens is 1. The molecule has 1 amide bonds. The van der Waals surface area contributed by atoms with E-state index in [4.69, 9.17) is 4.74 Å². The van der Waals surface area contributed by atoms with E-state index < -0.39 is 6.04 Å². The van der Waals surface area contributed by atoms with Crippen LogP contribution in [0.4, 0.5) is 0 Å². The molecule has 3 rings (SSSR count). The standard InChI is InChI=1S/C20H19BrN2O3S/c1-4-15(19(25)26-3)23-16-10-9-14(21)11-17(16)27-20(23)22-18(24)13-7-5-12(2)6-8-13/h5-11,15H,4H2,1-3H3/b22-20-. The van der Waals surface area contributed by atoms with Crippen molar-refractivity contribution < 1.29 is 14.3 Å². The predicted molar refractivity (Wildman–Crippen MR) is 110 cm³/mol. The molecule has 0 aliphatic rings. The number of aromatic nitrogens is 1. The quantitative estimate of drug-likeness (QED) is 0.548. The van der Waals surface area contributed by atoms with Crippen LogP contribution in [0, 0.1) is 6.92 Å². The highest BCUT2D eigenvalue weighted by molar-refractivity contribution is 9.10. The fraction of sp³-hybridized carbons (Fsp3) is 0.250. The summed E-state index contributed by atoms with van der Waals surface area (Å²) in [7, 11) is 1.37. The minimum absolute atomic E-state index is 0.339. The van der Waals surface area contributed by atoms with Gasteiger partial charge in [0.05, 0.1) is 17.3 Å². The summed E-state index contributed by atoms with van der Waals surface area (Å²) in [5.41, 5.74) is 2.43. The monoisotopic (exact) mass is 446 g/mol. The number of methoxy groups -OCH3 is 1. The van der Waals surface area contributed by atoms with E-state index in [0.29, 0.717) is 16.8 Å². The zero-order valence-corrected chi connectivity index (χ0v) is 17.6. The Morgan fingerprint density at radius 1 is 1.22 bits per heavy atom. The van der Waals surface area contributed by atoms with Crippen molar-refractivity contribution in [2.24, 2.45) is 4.99 Å². The molecule has 0 spiro atoms. The van der Waals surface area contributed by atoms with Crippen molar-refractivity contribution in [2.75, 3.05) is 7.11 Å². The molecule has 140 valence electrons. The molecule has 0 saturated carbocycles. The maximum absolute atomic E-state index is 12.7. The maximum atomic E-state index is 12.7. The number of aryl methyl sites for hydroxylation is 1. The van der Waals surface area contributed by atoms with E-state index in [1.54, 1.807) is 16.7 Å². The minimum Gasteiger partial charge on any atom is -0.467 e. The summed E-state index contributed by atoms with van der Waals surface area (Å²) in [6, 6.07) is 12.5. The van der Waals surface area contributed by atoms with Crippen LogP contribution in [0.1, 0.15) is 35.3 Å². The molecule has 0 aliphatic carbocycles. The third-order valence-electron chi connectivity index (χ3n) is 4.26. The van der Waals surface area contributed by atoms with Gasteiger partial charge < -0.3 is 9.30 Å². The fourth-order valence-electron chi connectivity index (χ4n) is 2.84. The molecule has 0 aliphatic heterocycles. The molecule has 7 heteroatoms. The number of hydrogen-bond donors (Lipinski definition) is 0. The van der Waals surface area contributed by atoms with E-state index >= 15 is 0 Å². The Morgan fingerprint density at radius 3 is 2.56 bits per heavy atom. The fourth-order valence-corrected chi connectivity index (χ4v) is 4.45. The van der Waals surface area contributed by atoms with Crippen molar-refractivity contribution in [1.82, 2.24) is 4.57 Å². The van der Waals surface area contributed by atoms with Crippen LogP contribution in [0.5, 0.6) is 0 Å². The number of carbonyl (C=O) groups excluding carboxylic acids is 2. The van der Waals surface area contributed by atoms with Gasteiger partial charge in [0.15, 0.2) is 4.80 Å². The minimum atomic E-state index is -0.547. The van der Waals surface area contributed by atoms with E-state index in [9.17, 15) is 9.59 Å². The summed E-state index contributed by atoms with van der Waals surface area (Å²) in [5.74, 6) is -0.696. The predicted octanol–water partition coefficient (Wildman–Crippen LogP) is 4.64. The number of fused-ring (bicyclic) bond motifs is 1. The average molecular weight is 447 g/mol. The van der Waals surface area contributed by atoms with Gasteiger partial charge in [-0.05, 0) is 43.7 Å². The Balaban J connectivity index is 2.21. The summed E-state index contributed by atoms with van der Waals surface area (Å²) in [6.07, 6.45) is 0.528. The lowest BCUT2D eigenvalue weighted by Gasteiger charge is -2.15. The Hall–Kier alpha value is -2.25. The highest BCUT2D eigenvalue weighted by atomic mass is 79.9. The topological polar surface area (TPSA) is 60.7 Å². The van der Waals surface area contributed by atoms with Gasteiger partial charge in [0.2, 0.25) is 0 Å². The molecule has 0 saturated heterocycles. The number of hydrogen-bond acceptors (Lipinski definition) is 4. The van der Waals surface area contributed by atoms with Crippen LogP contribution >= 0.6 is 27.3 Å². The lowest BCUT2D eigenvalue weighted by molar-refractivity contribution is -0.144. The van der Waals surface area contributed by atoms with E-state index in [1.165, 1.54) is 18.4 Å². The number of benzene rings is 2. The Morgan fingerprint density at radius 2 is 1.93 bits per heavy atom. The molecule has 1 atom stereocenters. The van der Waals surface area contributed by atoms with E-state index in [2.05, 4.69) is 20.9 Å². The molecular formula is C20H19BrN2O3S. The van der Waals surface area contributed by atoms with Crippen molar-refractivity contribution in [1.29, 1.82) is 0 Å². The van der Waals surface area contributed by atoms with Crippen LogP contribution < -0.4 is 4.80 Å². The van der Waals surface area contributed by atoms with Gasteiger partial charge in [-0.2, -0.15) is 4.99 Å². The van der Waals surface area contributed by atoms with Crippen LogP contribution in [0.2, 0.25) is 0 Å². The summed E-state index contributed by atoms with van der Waals surface area (Å²) in [6.45, 7) is 3.87. The molecule has 5 nitrogen and oxygen atoms in total. The van der Waals surface area contributed by atoms with Gasteiger partial charge >= 0.3 is 5.97 Å². The first-order valence-electron chi connectivity index (χ1n) is 8.48. The van der Waals surface area contributed by atoms with Gasteiger partial charge in [0, 0.05) is 10.0 Å². The first kappa shape index (κ1) is 19.5. The van der Waals surface area contributed by atoms with Crippen molar-refractivity contribution in [2.45, 2.75) is 26.3 Å². The molecule has 1 heterocycles. The van der Waals surface area contributed by atoms with E-state index in [-0.39, 0.29) is 11.9 Å². The summed E-state index contributed by atoms with van der Waals surface area (Å²) in [4.78, 5) is 29.8.